The molecule has 0 radical (unpaired) electrons. The fourth-order valence-electron chi connectivity index (χ4n) is 3.23. The fraction of sp³-hybridized carbons (Fsp3) is 0.190. The zero-order chi connectivity index (χ0) is 20.6. The van der Waals surface area contributed by atoms with E-state index < -0.39 is 11.6 Å². The number of nitrogens with one attached hydrogen (secondary N) is 1. The van der Waals surface area contributed by atoms with E-state index in [0.29, 0.717) is 22.1 Å². The summed E-state index contributed by atoms with van der Waals surface area (Å²) in [6.07, 6.45) is 1.56. The van der Waals surface area contributed by atoms with Gasteiger partial charge in [-0.05, 0) is 48.9 Å². The second-order valence-electron chi connectivity index (χ2n) is 6.80. The fourth-order valence-corrected chi connectivity index (χ4v) is 3.35. The highest BCUT2D eigenvalue weighted by molar-refractivity contribution is 6.30. The van der Waals surface area contributed by atoms with E-state index in [9.17, 15) is 9.59 Å². The molecule has 0 saturated carbocycles. The van der Waals surface area contributed by atoms with Gasteiger partial charge in [-0.2, -0.15) is 0 Å². The Bertz CT molecular complexity index is 1060. The summed E-state index contributed by atoms with van der Waals surface area (Å²) >= 11 is 5.90. The number of oxazole rings is 1. The number of methoxy groups -OCH3 is 1. The number of hydrogen-bond donors (Lipinski definition) is 1. The summed E-state index contributed by atoms with van der Waals surface area (Å²) in [6, 6.07) is 13.6. The van der Waals surface area contributed by atoms with Gasteiger partial charge in [-0.25, -0.2) is 9.78 Å². The first-order valence-corrected chi connectivity index (χ1v) is 9.28. The maximum absolute atomic E-state index is 13.0. The molecule has 4 rings (SSSR count). The first-order valence-electron chi connectivity index (χ1n) is 8.90. The topological polar surface area (TPSA) is 84.7 Å². The number of benzene rings is 2. The molecular weight excluding hydrogens is 394 g/mol. The van der Waals surface area contributed by atoms with Crippen molar-refractivity contribution in [2.24, 2.45) is 0 Å². The Morgan fingerprint density at radius 3 is 2.48 bits per heavy atom. The van der Waals surface area contributed by atoms with E-state index >= 15 is 0 Å². The Labute approximate surface area is 172 Å². The van der Waals surface area contributed by atoms with Crippen LogP contribution in [0.15, 0.2) is 59.1 Å². The van der Waals surface area contributed by atoms with Crippen LogP contribution < -0.4 is 10.1 Å². The van der Waals surface area contributed by atoms with E-state index in [2.05, 4.69) is 10.3 Å². The van der Waals surface area contributed by atoms with E-state index in [1.165, 1.54) is 0 Å². The van der Waals surface area contributed by atoms with Crippen molar-refractivity contribution >= 4 is 23.5 Å². The molecule has 0 aliphatic carbocycles. The van der Waals surface area contributed by atoms with Gasteiger partial charge in [0, 0.05) is 10.6 Å². The molecule has 1 aliphatic heterocycles. The number of carbonyl (C=O) groups is 2. The van der Waals surface area contributed by atoms with Crippen molar-refractivity contribution in [2.45, 2.75) is 19.0 Å². The van der Waals surface area contributed by atoms with E-state index in [-0.39, 0.29) is 18.3 Å². The Morgan fingerprint density at radius 2 is 1.83 bits per heavy atom. The largest absolute Gasteiger partial charge is 0.497 e. The second kappa shape index (κ2) is 7.25. The quantitative estimate of drug-likeness (QED) is 0.642. The lowest BCUT2D eigenvalue weighted by Crippen LogP contribution is -2.40. The molecule has 29 heavy (non-hydrogen) atoms. The van der Waals surface area contributed by atoms with Crippen molar-refractivity contribution in [3.63, 3.8) is 0 Å². The summed E-state index contributed by atoms with van der Waals surface area (Å²) in [6.45, 7) is 1.60. The molecule has 2 aromatic carbocycles. The molecule has 1 aromatic heterocycles. The molecule has 8 heteroatoms. The minimum Gasteiger partial charge on any atom is -0.497 e. The summed E-state index contributed by atoms with van der Waals surface area (Å²) in [4.78, 5) is 30.8. The predicted octanol–water partition coefficient (Wildman–Crippen LogP) is 3.97. The Morgan fingerprint density at radius 1 is 1.14 bits per heavy atom. The van der Waals surface area contributed by atoms with Crippen molar-refractivity contribution in [3.05, 3.63) is 71.2 Å². The van der Waals surface area contributed by atoms with Gasteiger partial charge in [0.25, 0.3) is 5.91 Å². The highest BCUT2D eigenvalue weighted by Gasteiger charge is 2.49. The van der Waals surface area contributed by atoms with Crippen molar-refractivity contribution in [3.8, 4) is 17.1 Å². The molecule has 7 nitrogen and oxygen atoms in total. The molecule has 1 N–H and O–H groups in total. The molecule has 2 heterocycles. The third-order valence-electron chi connectivity index (χ3n) is 4.92. The normalized spacial score (nSPS) is 18.8. The van der Waals surface area contributed by atoms with Gasteiger partial charge >= 0.3 is 6.03 Å². The van der Waals surface area contributed by atoms with Crippen LogP contribution in [0.3, 0.4) is 0 Å². The smallest absolute Gasteiger partial charge is 0.325 e. The van der Waals surface area contributed by atoms with Crippen LogP contribution in [-0.2, 0) is 16.9 Å². The molecule has 0 spiro atoms. The van der Waals surface area contributed by atoms with Crippen LogP contribution in [0, 0.1) is 0 Å². The van der Waals surface area contributed by atoms with E-state index in [1.807, 2.05) is 0 Å². The van der Waals surface area contributed by atoms with Gasteiger partial charge in [0.1, 0.15) is 17.8 Å². The van der Waals surface area contributed by atoms with Crippen LogP contribution in [0.4, 0.5) is 4.79 Å². The van der Waals surface area contributed by atoms with Gasteiger partial charge in [-0.3, -0.25) is 9.69 Å². The van der Waals surface area contributed by atoms with Gasteiger partial charge in [0.15, 0.2) is 5.76 Å². The van der Waals surface area contributed by atoms with Gasteiger partial charge in [0.2, 0.25) is 5.89 Å². The summed E-state index contributed by atoms with van der Waals surface area (Å²) in [5.74, 6) is 1.08. The number of amides is 3. The molecule has 1 aliphatic rings. The molecule has 148 valence electrons. The lowest BCUT2D eigenvalue weighted by molar-refractivity contribution is -0.131. The Hall–Kier alpha value is -3.32. The summed E-state index contributed by atoms with van der Waals surface area (Å²) in [5, 5.41) is 3.38. The van der Waals surface area contributed by atoms with E-state index in [0.717, 1.165) is 10.5 Å². The van der Waals surface area contributed by atoms with Gasteiger partial charge < -0.3 is 14.5 Å². The number of carbonyl (C=O) groups excluding carboxylic acids is 2. The number of aromatic nitrogens is 1. The van der Waals surface area contributed by atoms with Gasteiger partial charge in [0.05, 0.1) is 13.3 Å². The average Bonchev–Trinajstić information content (AvgIpc) is 3.28. The second-order valence-corrected chi connectivity index (χ2v) is 7.24. The van der Waals surface area contributed by atoms with Crippen LogP contribution in [0.2, 0.25) is 5.02 Å². The van der Waals surface area contributed by atoms with Crippen molar-refractivity contribution in [1.29, 1.82) is 0 Å². The molecule has 1 fully saturated rings. The number of urea groups is 1. The zero-order valence-electron chi connectivity index (χ0n) is 15.8. The number of halogens is 1. The number of rotatable bonds is 5. The molecule has 3 aromatic rings. The highest BCUT2D eigenvalue weighted by atomic mass is 35.5. The van der Waals surface area contributed by atoms with Crippen molar-refractivity contribution in [2.75, 3.05) is 7.11 Å². The zero-order valence-corrected chi connectivity index (χ0v) is 16.6. The van der Waals surface area contributed by atoms with Crippen LogP contribution in [-0.4, -0.2) is 28.9 Å². The Balaban J connectivity index is 1.54. The monoisotopic (exact) mass is 411 g/mol. The number of hydrogen-bond acceptors (Lipinski definition) is 5. The SMILES string of the molecule is COc1ccc([C@@]2(C)NC(=O)N(Cc3ncc(-c4ccc(Cl)cc4)o3)C2=O)cc1. The minimum atomic E-state index is -1.17. The maximum atomic E-state index is 13.0. The molecule has 1 saturated heterocycles. The standard InChI is InChI=1S/C21H18ClN3O4/c1-21(14-5-9-16(28-2)10-6-14)19(26)25(20(27)24-21)12-18-23-11-17(29-18)13-3-7-15(22)8-4-13/h3-11H,12H2,1-2H3,(H,24,27)/t21-/m1/s1. The minimum absolute atomic E-state index is 0.0655. The lowest BCUT2D eigenvalue weighted by Gasteiger charge is -2.22. The van der Waals surface area contributed by atoms with Crippen molar-refractivity contribution < 1.29 is 18.7 Å². The summed E-state index contributed by atoms with van der Waals surface area (Å²) < 4.78 is 10.9. The molecular formula is C21H18ClN3O4. The maximum Gasteiger partial charge on any atom is 0.325 e. The lowest BCUT2D eigenvalue weighted by atomic mass is 9.92. The van der Waals surface area contributed by atoms with Crippen LogP contribution in [0.25, 0.3) is 11.3 Å². The summed E-state index contributed by atoms with van der Waals surface area (Å²) in [5.41, 5.74) is 0.288. The average molecular weight is 412 g/mol. The number of ether oxygens (including phenoxy) is 1. The number of nitrogens with zero attached hydrogens (tertiary/aromatic N) is 2. The molecule has 0 unspecified atom stereocenters. The first-order chi connectivity index (χ1) is 13.9. The number of imide groups is 1. The first kappa shape index (κ1) is 19.0. The molecule has 1 atom stereocenters. The highest BCUT2D eigenvalue weighted by Crippen LogP contribution is 2.31. The van der Waals surface area contributed by atoms with Gasteiger partial charge in [-0.15, -0.1) is 0 Å². The molecule has 3 amide bonds. The Kier molecular flexibility index (Phi) is 4.76. The third kappa shape index (κ3) is 3.45. The van der Waals surface area contributed by atoms with E-state index in [4.69, 9.17) is 20.8 Å². The predicted molar refractivity (Wildman–Crippen MR) is 106 cm³/mol. The van der Waals surface area contributed by atoms with Crippen molar-refractivity contribution in [1.82, 2.24) is 15.2 Å². The van der Waals surface area contributed by atoms with Gasteiger partial charge in [-0.1, -0.05) is 23.7 Å². The third-order valence-corrected chi connectivity index (χ3v) is 5.17. The molecule has 0 bridgehead atoms. The van der Waals surface area contributed by atoms with E-state index in [1.54, 1.807) is 68.8 Å². The van der Waals surface area contributed by atoms with Crippen LogP contribution in [0.5, 0.6) is 5.75 Å². The van der Waals surface area contributed by atoms with Crippen LogP contribution >= 0.6 is 11.6 Å². The summed E-state index contributed by atoms with van der Waals surface area (Å²) in [7, 11) is 1.57. The van der Waals surface area contributed by atoms with Crippen LogP contribution in [0.1, 0.15) is 18.4 Å².